The summed E-state index contributed by atoms with van der Waals surface area (Å²) in [5.74, 6) is 0. The Balaban J connectivity index is 0.000000623. The van der Waals surface area contributed by atoms with E-state index in [2.05, 4.69) is 149 Å². The molecule has 14 aromatic heterocycles. The van der Waals surface area contributed by atoms with E-state index in [0.29, 0.717) is 0 Å². The Hall–Kier alpha value is -11.5. The van der Waals surface area contributed by atoms with Gasteiger partial charge >= 0.3 is 0 Å². The Morgan fingerprint density at radius 3 is 1.29 bits per heavy atom. The van der Waals surface area contributed by atoms with Gasteiger partial charge in [-0.25, -0.2) is 15.0 Å². The topological polar surface area (TPSA) is 206 Å². The van der Waals surface area contributed by atoms with Crippen LogP contribution < -0.4 is 0 Å². The zero-order valence-electron chi connectivity index (χ0n) is 73.6. The molecular weight excluding hydrogens is 1380 g/mol. The number of nitrogens with zero attached hydrogens (tertiary/aromatic N) is 16. The molecule has 112 heavy (non-hydrogen) atoms. The second-order valence-corrected chi connectivity index (χ2v) is 23.8. The standard InChI is InChI=1S/8C10H10N2.8C2H6/c1-7-4-11-5-9-6-12-8(2)3-10(7)9;1-7-3-9-8(2)5-11-6-10(9)12-4-7;1-7-5-10-8(2)11-4-3-9(10)6-12-7;1-7-5-11-6-9-4-3-8(2)12-10(7)9;1-7-5-9-8(2)11-4-3-10(9)12-6-7;1-7-3-4-10-9(5-7)8(2)11-6-12-10;1-7-3-4-9-5-6-11-8(2)10(9)12-7;1-7-4-3-5-9-10(7)11-6-8(2)12-9;8*1-2/h8*3-6H,1-2H3;8*1-2H3. The van der Waals surface area contributed by atoms with Gasteiger partial charge in [-0.2, -0.15) is 0 Å². The number of hydrogen-bond acceptors (Lipinski definition) is 16. The van der Waals surface area contributed by atoms with Crippen LogP contribution in [0.25, 0.3) is 87.1 Å². The highest BCUT2D eigenvalue weighted by atomic mass is 14.8. The fourth-order valence-electron chi connectivity index (χ4n) is 10.3. The molecule has 0 saturated carbocycles. The van der Waals surface area contributed by atoms with Crippen molar-refractivity contribution in [3.05, 3.63) is 286 Å². The molecule has 0 N–H and O–H groups in total. The lowest BCUT2D eigenvalue weighted by molar-refractivity contribution is 1.15. The molecule has 0 fully saturated rings. The van der Waals surface area contributed by atoms with Crippen LogP contribution in [0.4, 0.5) is 0 Å². The summed E-state index contributed by atoms with van der Waals surface area (Å²) in [7, 11) is 0. The summed E-state index contributed by atoms with van der Waals surface area (Å²) in [6, 6.07) is 34.7. The summed E-state index contributed by atoms with van der Waals surface area (Å²) in [5.41, 5.74) is 24.7. The van der Waals surface area contributed by atoms with E-state index in [1.165, 1.54) is 49.5 Å². The molecule has 0 atom stereocenters. The largest absolute Gasteiger partial charge is 0.264 e. The minimum atomic E-state index is 0.966. The van der Waals surface area contributed by atoms with E-state index in [-0.39, 0.29) is 0 Å². The highest BCUT2D eigenvalue weighted by Crippen LogP contribution is 2.21. The van der Waals surface area contributed by atoms with Crippen LogP contribution in [0.15, 0.2) is 196 Å². The maximum atomic E-state index is 4.44. The predicted octanol–water partition coefficient (Wildman–Crippen LogP) is 26.2. The molecule has 2 aromatic carbocycles. The van der Waals surface area contributed by atoms with Crippen LogP contribution in [-0.4, -0.2) is 79.7 Å². The molecule has 16 aromatic rings. The molecule has 0 aliphatic carbocycles. The number of aromatic nitrogens is 16. The van der Waals surface area contributed by atoms with Crippen LogP contribution in [0.1, 0.15) is 201 Å². The third-order valence-corrected chi connectivity index (χ3v) is 15.6. The van der Waals surface area contributed by atoms with Crippen molar-refractivity contribution in [3.63, 3.8) is 0 Å². The first-order valence-electron chi connectivity index (χ1n) is 39.6. The predicted molar refractivity (Wildman–Crippen MR) is 483 cm³/mol. The fourth-order valence-corrected chi connectivity index (χ4v) is 10.3. The van der Waals surface area contributed by atoms with Gasteiger partial charge in [-0.3, -0.25) is 64.8 Å². The second-order valence-electron chi connectivity index (χ2n) is 23.8. The maximum absolute atomic E-state index is 4.44. The van der Waals surface area contributed by atoms with Gasteiger partial charge in [0.05, 0.1) is 56.2 Å². The fraction of sp³-hybridized carbons (Fsp3) is 0.333. The summed E-state index contributed by atoms with van der Waals surface area (Å²) < 4.78 is 0. The van der Waals surface area contributed by atoms with Crippen LogP contribution >= 0.6 is 0 Å². The van der Waals surface area contributed by atoms with Gasteiger partial charge in [-0.15, -0.1) is 0 Å². The molecule has 0 aliphatic rings. The average molecular weight is 1510 g/mol. The van der Waals surface area contributed by atoms with Crippen LogP contribution in [0, 0.1) is 111 Å². The number of rotatable bonds is 0. The van der Waals surface area contributed by atoms with Gasteiger partial charge in [0, 0.05) is 164 Å². The number of para-hydroxylation sites is 1. The lowest BCUT2D eigenvalue weighted by Gasteiger charge is -2.00. The van der Waals surface area contributed by atoms with Gasteiger partial charge in [-0.1, -0.05) is 141 Å². The molecule has 16 heteroatoms. The number of benzene rings is 2. The average Bonchev–Trinajstić information content (AvgIpc) is 0.892. The van der Waals surface area contributed by atoms with E-state index in [1.807, 2.05) is 324 Å². The van der Waals surface area contributed by atoms with Crippen LogP contribution in [0.2, 0.25) is 0 Å². The highest BCUT2D eigenvalue weighted by molar-refractivity contribution is 5.86. The Labute approximate surface area is 671 Å². The lowest BCUT2D eigenvalue weighted by Crippen LogP contribution is -1.88. The molecule has 592 valence electrons. The van der Waals surface area contributed by atoms with Crippen molar-refractivity contribution >= 4 is 87.1 Å². The van der Waals surface area contributed by atoms with Crippen molar-refractivity contribution in [1.82, 2.24) is 79.7 Å². The van der Waals surface area contributed by atoms with Crippen LogP contribution in [-0.2, 0) is 0 Å². The molecule has 0 bridgehead atoms. The van der Waals surface area contributed by atoms with E-state index < -0.39 is 0 Å². The maximum Gasteiger partial charge on any atom is 0.116 e. The van der Waals surface area contributed by atoms with Gasteiger partial charge in [0.25, 0.3) is 0 Å². The summed E-state index contributed by atoms with van der Waals surface area (Å²) in [6.45, 7) is 64.3. The molecule has 0 radical (unpaired) electrons. The van der Waals surface area contributed by atoms with Crippen molar-refractivity contribution in [2.24, 2.45) is 0 Å². The SMILES string of the molecule is CC.CC.CC.CC.CC.CC.CC.CC.Cc1cc2c(C)cncc2cn1.Cc1cc2c(C)nccc2cn1.Cc1ccc2ccnc(C)c2n1.Cc1ccc2cncc(C)c2n1.Cc1ccc2ncnc(C)c2c1.Cc1cnc2c(C)cccc2n1.Cc1cnc2ccnc(C)c2c1.Cc1cnc2cncc(C)c2c1. The molecule has 0 saturated heterocycles. The Bertz CT molecular complexity index is 4550. The van der Waals surface area contributed by atoms with Crippen molar-refractivity contribution in [1.29, 1.82) is 0 Å². The van der Waals surface area contributed by atoms with E-state index in [9.17, 15) is 0 Å². The molecule has 14 heterocycles. The summed E-state index contributed by atoms with van der Waals surface area (Å²) in [6.07, 6.45) is 27.4. The monoisotopic (exact) mass is 1510 g/mol. The van der Waals surface area contributed by atoms with Crippen LogP contribution in [0.3, 0.4) is 0 Å². The third-order valence-electron chi connectivity index (χ3n) is 15.6. The molecule has 0 aliphatic heterocycles. The molecule has 16 rings (SSSR count). The lowest BCUT2D eigenvalue weighted by atomic mass is 10.1. The summed E-state index contributed by atoms with van der Waals surface area (Å²) in [4.78, 5) is 67.8. The molecule has 0 amide bonds. The Kier molecular flexibility index (Phi) is 48.3. The third kappa shape index (κ3) is 31.5. The molecule has 16 nitrogen and oxygen atoms in total. The van der Waals surface area contributed by atoms with Gasteiger partial charge in [0.2, 0.25) is 0 Å². The molecule has 0 spiro atoms. The first-order valence-corrected chi connectivity index (χ1v) is 39.6. The normalized spacial score (nSPS) is 9.43. The van der Waals surface area contributed by atoms with Gasteiger partial charge in [0.15, 0.2) is 0 Å². The van der Waals surface area contributed by atoms with E-state index in [0.717, 1.165) is 128 Å². The minimum absolute atomic E-state index is 0.966. The van der Waals surface area contributed by atoms with Crippen molar-refractivity contribution in [2.75, 3.05) is 0 Å². The number of fused-ring (bicyclic) bond motifs is 8. The van der Waals surface area contributed by atoms with Crippen molar-refractivity contribution in [2.45, 2.75) is 222 Å². The van der Waals surface area contributed by atoms with E-state index in [4.69, 9.17) is 0 Å². The van der Waals surface area contributed by atoms with Gasteiger partial charge in [-0.05, 0) is 228 Å². The minimum Gasteiger partial charge on any atom is -0.264 e. The summed E-state index contributed by atoms with van der Waals surface area (Å²) in [5, 5.41) is 10.5. The first kappa shape index (κ1) is 98.5. The molecule has 0 unspecified atom stereocenters. The number of hydrogen-bond donors (Lipinski definition) is 0. The van der Waals surface area contributed by atoms with Gasteiger partial charge in [0.1, 0.15) is 6.33 Å². The van der Waals surface area contributed by atoms with E-state index >= 15 is 0 Å². The first-order chi connectivity index (χ1) is 54.2. The number of pyridine rings is 12. The van der Waals surface area contributed by atoms with E-state index in [1.54, 1.807) is 24.9 Å². The zero-order valence-corrected chi connectivity index (χ0v) is 73.6. The molecular formula is C96H128N16. The summed E-state index contributed by atoms with van der Waals surface area (Å²) >= 11 is 0. The van der Waals surface area contributed by atoms with Crippen LogP contribution in [0.5, 0.6) is 0 Å². The quantitative estimate of drug-likeness (QED) is 0.138. The van der Waals surface area contributed by atoms with Gasteiger partial charge < -0.3 is 0 Å². The second kappa shape index (κ2) is 55.0. The number of aryl methyl sites for hydroxylation is 16. The van der Waals surface area contributed by atoms with Crippen molar-refractivity contribution in [3.8, 4) is 0 Å². The highest BCUT2D eigenvalue weighted by Gasteiger charge is 2.05. The zero-order chi connectivity index (χ0) is 84.4. The Morgan fingerprint density at radius 2 is 0.670 bits per heavy atom. The van der Waals surface area contributed by atoms with Crippen molar-refractivity contribution < 1.29 is 0 Å². The smallest absolute Gasteiger partial charge is 0.116 e. The Morgan fingerprint density at radius 1 is 0.205 bits per heavy atom.